The lowest BCUT2D eigenvalue weighted by Crippen LogP contribution is -2.28. The Kier molecular flexibility index (Phi) is 20.9. The van der Waals surface area contributed by atoms with Gasteiger partial charge in [0.2, 0.25) is 0 Å². The lowest BCUT2D eigenvalue weighted by Gasteiger charge is -2.17. The number of ether oxygens (including phenoxy) is 2. The number of allylic oxidation sites excluding steroid dienone is 8. The maximum atomic E-state index is 11.8. The Morgan fingerprint density at radius 2 is 1.58 bits per heavy atom. The average molecular weight is 557 g/mol. The second-order valence-corrected chi connectivity index (χ2v) is 9.30. The zero-order valence-corrected chi connectivity index (χ0v) is 22.9. The van der Waals surface area contributed by atoms with Crippen LogP contribution in [0.25, 0.3) is 0 Å². The molecule has 0 saturated carbocycles. The number of esters is 2. The van der Waals surface area contributed by atoms with Crippen molar-refractivity contribution in [2.45, 2.75) is 70.7 Å². The van der Waals surface area contributed by atoms with Gasteiger partial charge in [0.05, 0.1) is 18.8 Å². The topological polar surface area (TPSA) is 160 Å². The van der Waals surface area contributed by atoms with Crippen LogP contribution in [-0.4, -0.2) is 63.5 Å². The Morgan fingerprint density at radius 3 is 2.21 bits per heavy atom. The molecule has 0 rings (SSSR count). The average Bonchev–Trinajstić information content (AvgIpc) is 2.83. The normalized spacial score (nSPS) is 15.4. The van der Waals surface area contributed by atoms with Crippen LogP contribution in [0.3, 0.4) is 0 Å². The van der Waals surface area contributed by atoms with Crippen LogP contribution in [0.4, 0.5) is 0 Å². The summed E-state index contributed by atoms with van der Waals surface area (Å²) in [6.07, 6.45) is 22.7. The van der Waals surface area contributed by atoms with Crippen LogP contribution in [0.2, 0.25) is 0 Å². The Bertz CT molecular complexity index is 882. The minimum absolute atomic E-state index is 0.0721. The van der Waals surface area contributed by atoms with E-state index >= 15 is 0 Å². The van der Waals surface area contributed by atoms with Crippen molar-refractivity contribution in [2.24, 2.45) is 0 Å². The molecule has 0 saturated heterocycles. The van der Waals surface area contributed by atoms with E-state index in [1.807, 2.05) is 49.5 Å². The van der Waals surface area contributed by atoms with Gasteiger partial charge in [-0.15, -0.1) is 0 Å². The molecule has 0 fully saturated rings. The van der Waals surface area contributed by atoms with E-state index in [-0.39, 0.29) is 6.42 Å². The summed E-state index contributed by atoms with van der Waals surface area (Å²) in [5, 5.41) is 19.7. The first kappa shape index (κ1) is 35.4. The van der Waals surface area contributed by atoms with Crippen molar-refractivity contribution in [1.29, 1.82) is 0 Å². The predicted octanol–water partition coefficient (Wildman–Crippen LogP) is 3.99. The van der Waals surface area contributed by atoms with E-state index < -0.39 is 51.3 Å². The number of carbonyl (C=O) groups is 2. The minimum Gasteiger partial charge on any atom is -0.462 e. The van der Waals surface area contributed by atoms with Gasteiger partial charge >= 0.3 is 19.8 Å². The fourth-order valence-corrected chi connectivity index (χ4v) is 3.06. The fourth-order valence-electron chi connectivity index (χ4n) is 2.70. The second-order valence-electron chi connectivity index (χ2n) is 8.06. The Morgan fingerprint density at radius 1 is 0.895 bits per heavy atom. The standard InChI is InChI=1S/C27H41O10P/c1-3-4-11-16-24(29)17-12-8-6-5-7-9-13-18-25(30)19-14-10-15-20-27(31)35-21-26(37-23(2)28)22-36-38(32,33)34/h4,6-9,11-14,17-19,24-26,29-30H,3,5,10,15-16,20-22H2,1-2H3,(H2,32,33,34)/b8-6-,9-7-,11-4-,17-12+,18-13+,19-14-/t24-,25-,26-/m1/s1. The van der Waals surface area contributed by atoms with E-state index in [0.717, 1.165) is 13.3 Å². The number of aliphatic hydroxyl groups is 2. The molecule has 214 valence electrons. The number of carbonyl (C=O) groups excluding carboxylic acids is 2. The van der Waals surface area contributed by atoms with Crippen molar-refractivity contribution in [3.63, 3.8) is 0 Å². The molecule has 0 unspecified atom stereocenters. The third-order valence-corrected chi connectivity index (χ3v) is 4.95. The summed E-state index contributed by atoms with van der Waals surface area (Å²) in [5.41, 5.74) is 0. The van der Waals surface area contributed by atoms with Crippen LogP contribution >= 0.6 is 7.82 Å². The molecule has 0 aliphatic heterocycles. The van der Waals surface area contributed by atoms with E-state index in [4.69, 9.17) is 19.3 Å². The second kappa shape index (κ2) is 22.4. The monoisotopic (exact) mass is 556 g/mol. The van der Waals surface area contributed by atoms with Crippen molar-refractivity contribution in [2.75, 3.05) is 13.2 Å². The van der Waals surface area contributed by atoms with Crippen molar-refractivity contribution in [3.05, 3.63) is 72.9 Å². The first-order valence-electron chi connectivity index (χ1n) is 12.4. The van der Waals surface area contributed by atoms with Gasteiger partial charge in [0.25, 0.3) is 0 Å². The van der Waals surface area contributed by atoms with E-state index in [1.165, 1.54) is 0 Å². The largest absolute Gasteiger partial charge is 0.469 e. The van der Waals surface area contributed by atoms with Crippen LogP contribution in [0.5, 0.6) is 0 Å². The van der Waals surface area contributed by atoms with Crippen molar-refractivity contribution in [3.8, 4) is 0 Å². The van der Waals surface area contributed by atoms with Gasteiger partial charge < -0.3 is 29.5 Å². The van der Waals surface area contributed by atoms with Gasteiger partial charge in [-0.2, -0.15) is 0 Å². The van der Waals surface area contributed by atoms with Crippen LogP contribution in [0, 0.1) is 0 Å². The smallest absolute Gasteiger partial charge is 0.462 e. The molecule has 0 aliphatic rings. The zero-order valence-electron chi connectivity index (χ0n) is 22.0. The van der Waals surface area contributed by atoms with Gasteiger partial charge in [0.15, 0.2) is 6.10 Å². The molecule has 0 aromatic rings. The summed E-state index contributed by atoms with van der Waals surface area (Å²) in [6, 6.07) is 0. The van der Waals surface area contributed by atoms with Crippen LogP contribution in [0.15, 0.2) is 72.9 Å². The molecule has 3 atom stereocenters. The SMILES string of the molecule is CC/C=C\C[C@@H](O)/C=C/C=C\C/C=C\C=C\[C@@H](O)/C=C\CCCC(=O)OC[C@H](COP(=O)(O)O)OC(C)=O. The molecule has 10 nitrogen and oxygen atoms in total. The third kappa shape index (κ3) is 25.1. The number of hydrogen-bond acceptors (Lipinski definition) is 8. The van der Waals surface area contributed by atoms with Gasteiger partial charge in [-0.05, 0) is 32.1 Å². The van der Waals surface area contributed by atoms with Crippen LogP contribution in [-0.2, 0) is 28.2 Å². The molecule has 0 aromatic heterocycles. The highest BCUT2D eigenvalue weighted by atomic mass is 31.2. The summed E-state index contributed by atoms with van der Waals surface area (Å²) in [7, 11) is -4.75. The number of phosphoric acid groups is 1. The molecule has 0 amide bonds. The molecule has 0 bridgehead atoms. The molecular weight excluding hydrogens is 515 g/mol. The highest BCUT2D eigenvalue weighted by molar-refractivity contribution is 7.46. The number of phosphoric ester groups is 1. The molecular formula is C27H41O10P. The molecule has 0 heterocycles. The maximum absolute atomic E-state index is 11.8. The van der Waals surface area contributed by atoms with Crippen LogP contribution < -0.4 is 0 Å². The van der Waals surface area contributed by atoms with Gasteiger partial charge in [-0.25, -0.2) is 4.57 Å². The van der Waals surface area contributed by atoms with Gasteiger partial charge in [0, 0.05) is 13.3 Å². The number of rotatable bonds is 20. The number of aliphatic hydroxyl groups excluding tert-OH is 2. The van der Waals surface area contributed by atoms with Gasteiger partial charge in [0.1, 0.15) is 6.61 Å². The lowest BCUT2D eigenvalue weighted by atomic mass is 10.2. The number of unbranched alkanes of at least 4 members (excludes halogenated alkanes) is 1. The van der Waals surface area contributed by atoms with Gasteiger partial charge in [-0.3, -0.25) is 14.1 Å². The molecule has 0 radical (unpaired) electrons. The minimum atomic E-state index is -4.75. The van der Waals surface area contributed by atoms with Crippen molar-refractivity contribution >= 4 is 19.8 Å². The molecule has 11 heteroatoms. The van der Waals surface area contributed by atoms with Crippen LogP contribution in [0.1, 0.15) is 52.4 Å². The van der Waals surface area contributed by atoms with Gasteiger partial charge in [-0.1, -0.05) is 79.8 Å². The summed E-state index contributed by atoms with van der Waals surface area (Å²) in [5.74, 6) is -1.27. The van der Waals surface area contributed by atoms with Crippen molar-refractivity contribution in [1.82, 2.24) is 0 Å². The quantitative estimate of drug-likeness (QED) is 0.0568. The summed E-state index contributed by atoms with van der Waals surface area (Å²) in [6.45, 7) is 2.15. The highest BCUT2D eigenvalue weighted by Crippen LogP contribution is 2.35. The first-order chi connectivity index (χ1) is 18.0. The highest BCUT2D eigenvalue weighted by Gasteiger charge is 2.21. The molecule has 4 N–H and O–H groups in total. The Balaban J connectivity index is 4.11. The van der Waals surface area contributed by atoms with E-state index in [0.29, 0.717) is 25.7 Å². The third-order valence-electron chi connectivity index (χ3n) is 4.46. The Hall–Kier alpha value is -2.59. The number of hydrogen-bond donors (Lipinski definition) is 4. The Labute approximate surface area is 224 Å². The van der Waals surface area contributed by atoms with E-state index in [2.05, 4.69) is 4.52 Å². The molecule has 0 spiro atoms. The molecule has 0 aromatic carbocycles. The maximum Gasteiger partial charge on any atom is 0.469 e. The molecule has 0 aliphatic carbocycles. The van der Waals surface area contributed by atoms with E-state index in [9.17, 15) is 24.4 Å². The first-order valence-corrected chi connectivity index (χ1v) is 13.9. The zero-order chi connectivity index (χ0) is 28.7. The summed E-state index contributed by atoms with van der Waals surface area (Å²) in [4.78, 5) is 40.3. The lowest BCUT2D eigenvalue weighted by molar-refractivity contribution is -0.159. The van der Waals surface area contributed by atoms with Crippen molar-refractivity contribution < 1.29 is 48.2 Å². The molecule has 38 heavy (non-hydrogen) atoms. The summed E-state index contributed by atoms with van der Waals surface area (Å²) >= 11 is 0. The van der Waals surface area contributed by atoms with E-state index in [1.54, 1.807) is 30.4 Å². The predicted molar refractivity (Wildman–Crippen MR) is 145 cm³/mol. The summed E-state index contributed by atoms with van der Waals surface area (Å²) < 4.78 is 24.8. The fraction of sp³-hybridized carbons (Fsp3) is 0.481.